The second-order valence-electron chi connectivity index (χ2n) is 9.72. The first-order valence-electron chi connectivity index (χ1n) is 11.8. The van der Waals surface area contributed by atoms with E-state index in [1.807, 2.05) is 48.5 Å². The van der Waals surface area contributed by atoms with Crippen LogP contribution in [0.4, 0.5) is 4.79 Å². The molecule has 0 radical (unpaired) electrons. The van der Waals surface area contributed by atoms with E-state index in [1.54, 1.807) is 20.8 Å². The number of carbonyl (C=O) groups is 4. The summed E-state index contributed by atoms with van der Waals surface area (Å²) >= 11 is 0. The van der Waals surface area contributed by atoms with E-state index in [0.29, 0.717) is 0 Å². The molecule has 0 bridgehead atoms. The molecule has 0 aliphatic heterocycles. The maximum absolute atomic E-state index is 12.5. The number of hydrogen-bond acceptors (Lipinski definition) is 6. The number of benzene rings is 2. The van der Waals surface area contributed by atoms with Crippen molar-refractivity contribution in [1.29, 1.82) is 0 Å². The largest absolute Gasteiger partial charge is 0.480 e. The predicted molar refractivity (Wildman–Crippen MR) is 132 cm³/mol. The van der Waals surface area contributed by atoms with E-state index < -0.39 is 41.6 Å². The number of ether oxygens (including phenoxy) is 2. The fourth-order valence-electron chi connectivity index (χ4n) is 4.09. The number of carbonyl (C=O) groups excluding carboxylic acids is 3. The van der Waals surface area contributed by atoms with E-state index >= 15 is 0 Å². The van der Waals surface area contributed by atoms with Gasteiger partial charge >= 0.3 is 18.0 Å². The molecule has 2 atom stereocenters. The van der Waals surface area contributed by atoms with Gasteiger partial charge in [0.25, 0.3) is 0 Å². The SMILES string of the molecule is C[C@H](NC(=O)OCC1c2ccccc2-c2ccccc21)C(=O)N[C@@H](CCC(=O)OC(C)(C)C)C(=O)O. The number of nitrogens with one attached hydrogen (secondary N) is 2. The van der Waals surface area contributed by atoms with E-state index in [4.69, 9.17) is 9.47 Å². The summed E-state index contributed by atoms with van der Waals surface area (Å²) in [7, 11) is 0. The Balaban J connectivity index is 1.52. The van der Waals surface area contributed by atoms with Crippen molar-refractivity contribution in [3.63, 3.8) is 0 Å². The summed E-state index contributed by atoms with van der Waals surface area (Å²) in [6.45, 7) is 6.62. The number of esters is 1. The predicted octanol–water partition coefficient (Wildman–Crippen LogP) is 3.60. The van der Waals surface area contributed by atoms with Crippen LogP contribution in [0.2, 0.25) is 0 Å². The van der Waals surface area contributed by atoms with Gasteiger partial charge in [0.1, 0.15) is 24.3 Å². The van der Waals surface area contributed by atoms with Crippen molar-refractivity contribution in [1.82, 2.24) is 10.6 Å². The molecule has 1 aliphatic rings. The standard InChI is InChI=1S/C27H32N2O7/c1-16(24(31)29-22(25(32)33)13-14-23(30)36-27(2,3)4)28-26(34)35-15-21-19-11-7-5-9-17(19)18-10-6-8-12-20(18)21/h5-12,16,21-22H,13-15H2,1-4H3,(H,28,34)(H,29,31)(H,32,33)/t16-,22-/m0/s1. The summed E-state index contributed by atoms with van der Waals surface area (Å²) in [5.41, 5.74) is 3.63. The Labute approximate surface area is 210 Å². The van der Waals surface area contributed by atoms with Crippen LogP contribution >= 0.6 is 0 Å². The van der Waals surface area contributed by atoms with Crippen LogP contribution in [-0.4, -0.2) is 53.3 Å². The molecule has 2 aromatic carbocycles. The minimum atomic E-state index is -1.31. The van der Waals surface area contributed by atoms with Crippen molar-refractivity contribution in [3.05, 3.63) is 59.7 Å². The quantitative estimate of drug-likeness (QED) is 0.452. The third kappa shape index (κ3) is 6.84. The Bertz CT molecular complexity index is 1090. The Hall–Kier alpha value is -3.88. The number of amides is 2. The summed E-state index contributed by atoms with van der Waals surface area (Å²) in [6.07, 6.45) is -1.11. The average molecular weight is 497 g/mol. The summed E-state index contributed by atoms with van der Waals surface area (Å²) in [5.74, 6) is -2.69. The van der Waals surface area contributed by atoms with E-state index in [0.717, 1.165) is 22.3 Å². The topological polar surface area (TPSA) is 131 Å². The van der Waals surface area contributed by atoms with Gasteiger partial charge in [0.05, 0.1) is 0 Å². The third-order valence-corrected chi connectivity index (χ3v) is 5.74. The molecule has 9 heteroatoms. The summed E-state index contributed by atoms with van der Waals surface area (Å²) in [5, 5.41) is 14.2. The van der Waals surface area contributed by atoms with Gasteiger partial charge in [-0.05, 0) is 56.4 Å². The van der Waals surface area contributed by atoms with Gasteiger partial charge in [0.2, 0.25) is 5.91 Å². The van der Waals surface area contributed by atoms with Gasteiger partial charge in [-0.2, -0.15) is 0 Å². The number of carboxylic acids is 1. The number of rotatable bonds is 9. The molecule has 36 heavy (non-hydrogen) atoms. The average Bonchev–Trinajstić information content (AvgIpc) is 3.12. The highest BCUT2D eigenvalue weighted by molar-refractivity contribution is 5.89. The highest BCUT2D eigenvalue weighted by atomic mass is 16.6. The van der Waals surface area contributed by atoms with Gasteiger partial charge in [0, 0.05) is 12.3 Å². The molecule has 0 heterocycles. The fraction of sp³-hybridized carbons (Fsp3) is 0.407. The lowest BCUT2D eigenvalue weighted by atomic mass is 9.98. The van der Waals surface area contributed by atoms with Crippen LogP contribution < -0.4 is 10.6 Å². The molecule has 192 valence electrons. The van der Waals surface area contributed by atoms with Gasteiger partial charge in [-0.1, -0.05) is 48.5 Å². The minimum absolute atomic E-state index is 0.0852. The van der Waals surface area contributed by atoms with Gasteiger partial charge in [-0.15, -0.1) is 0 Å². The van der Waals surface area contributed by atoms with Gasteiger partial charge in [0.15, 0.2) is 0 Å². The van der Waals surface area contributed by atoms with Crippen molar-refractivity contribution < 1.29 is 33.8 Å². The van der Waals surface area contributed by atoms with Crippen molar-refractivity contribution in [2.45, 2.75) is 64.1 Å². The normalized spacial score (nSPS) is 14.1. The molecule has 3 N–H and O–H groups in total. The summed E-state index contributed by atoms with van der Waals surface area (Å²) < 4.78 is 10.6. The number of alkyl carbamates (subject to hydrolysis) is 1. The first-order chi connectivity index (χ1) is 17.0. The van der Waals surface area contributed by atoms with Gasteiger partial charge in [-0.3, -0.25) is 9.59 Å². The van der Waals surface area contributed by atoms with Crippen LogP contribution in [0.1, 0.15) is 57.6 Å². The number of fused-ring (bicyclic) bond motifs is 3. The molecule has 0 aromatic heterocycles. The van der Waals surface area contributed by atoms with Crippen LogP contribution in [0, 0.1) is 0 Å². The number of carboxylic acid groups (broad SMARTS) is 1. The molecule has 2 amide bonds. The molecule has 0 saturated carbocycles. The molecule has 0 saturated heterocycles. The van der Waals surface area contributed by atoms with E-state index in [2.05, 4.69) is 10.6 Å². The second-order valence-corrected chi connectivity index (χ2v) is 9.72. The highest BCUT2D eigenvalue weighted by Crippen LogP contribution is 2.44. The molecule has 2 aromatic rings. The zero-order valence-corrected chi connectivity index (χ0v) is 20.9. The van der Waals surface area contributed by atoms with Crippen LogP contribution in [0.25, 0.3) is 11.1 Å². The van der Waals surface area contributed by atoms with Crippen LogP contribution in [0.3, 0.4) is 0 Å². The summed E-state index contributed by atoms with van der Waals surface area (Å²) in [4.78, 5) is 48.3. The fourth-order valence-corrected chi connectivity index (χ4v) is 4.09. The smallest absolute Gasteiger partial charge is 0.407 e. The Morgan fingerprint density at radius 2 is 1.50 bits per heavy atom. The van der Waals surface area contributed by atoms with Crippen molar-refractivity contribution in [2.75, 3.05) is 6.61 Å². The zero-order valence-electron chi connectivity index (χ0n) is 20.9. The lowest BCUT2D eigenvalue weighted by molar-refractivity contribution is -0.155. The maximum Gasteiger partial charge on any atom is 0.407 e. The Kier molecular flexibility index (Phi) is 8.34. The van der Waals surface area contributed by atoms with E-state index in [9.17, 15) is 24.3 Å². The van der Waals surface area contributed by atoms with E-state index in [1.165, 1.54) is 6.92 Å². The molecular weight excluding hydrogens is 464 g/mol. The van der Waals surface area contributed by atoms with Crippen molar-refractivity contribution in [2.24, 2.45) is 0 Å². The van der Waals surface area contributed by atoms with Gasteiger partial charge < -0.3 is 25.2 Å². The Morgan fingerprint density at radius 3 is 2.03 bits per heavy atom. The van der Waals surface area contributed by atoms with Gasteiger partial charge in [-0.25, -0.2) is 9.59 Å². The van der Waals surface area contributed by atoms with E-state index in [-0.39, 0.29) is 25.4 Å². The molecule has 0 spiro atoms. The van der Waals surface area contributed by atoms with Crippen molar-refractivity contribution in [3.8, 4) is 11.1 Å². The molecule has 0 fully saturated rings. The molecular formula is C27H32N2O7. The lowest BCUT2D eigenvalue weighted by Crippen LogP contribution is -2.50. The first kappa shape index (κ1) is 26.7. The maximum atomic E-state index is 12.5. The van der Waals surface area contributed by atoms with Crippen molar-refractivity contribution >= 4 is 23.9 Å². The van der Waals surface area contributed by atoms with Crippen LogP contribution in [0.5, 0.6) is 0 Å². The minimum Gasteiger partial charge on any atom is -0.480 e. The lowest BCUT2D eigenvalue weighted by Gasteiger charge is -2.21. The molecule has 0 unspecified atom stereocenters. The summed E-state index contributed by atoms with van der Waals surface area (Å²) in [6, 6.07) is 13.5. The zero-order chi connectivity index (χ0) is 26.5. The second kappa shape index (κ2) is 11.2. The number of hydrogen-bond donors (Lipinski definition) is 3. The molecule has 9 nitrogen and oxygen atoms in total. The first-order valence-corrected chi connectivity index (χ1v) is 11.8. The van der Waals surface area contributed by atoms with Crippen LogP contribution in [0.15, 0.2) is 48.5 Å². The highest BCUT2D eigenvalue weighted by Gasteiger charge is 2.30. The molecule has 1 aliphatic carbocycles. The Morgan fingerprint density at radius 1 is 0.944 bits per heavy atom. The van der Waals surface area contributed by atoms with Crippen LogP contribution in [-0.2, 0) is 23.9 Å². The third-order valence-electron chi connectivity index (χ3n) is 5.74. The monoisotopic (exact) mass is 496 g/mol. The number of aliphatic carboxylic acids is 1. The molecule has 3 rings (SSSR count).